The van der Waals surface area contributed by atoms with Crippen molar-refractivity contribution < 1.29 is 9.59 Å². The van der Waals surface area contributed by atoms with E-state index in [1.807, 2.05) is 25.1 Å². The van der Waals surface area contributed by atoms with Gasteiger partial charge in [0.25, 0.3) is 11.5 Å². The van der Waals surface area contributed by atoms with Gasteiger partial charge in [0, 0.05) is 42.5 Å². The fourth-order valence-electron chi connectivity index (χ4n) is 3.61. The maximum atomic E-state index is 12.9. The lowest BCUT2D eigenvalue weighted by atomic mass is 9.90. The van der Waals surface area contributed by atoms with E-state index in [1.54, 1.807) is 23.1 Å². The van der Waals surface area contributed by atoms with Crippen molar-refractivity contribution in [2.24, 2.45) is 5.92 Å². The van der Waals surface area contributed by atoms with Crippen molar-refractivity contribution in [3.05, 3.63) is 69.8 Å². The topological polar surface area (TPSA) is 87.5 Å². The molecule has 3 heterocycles. The number of Topliss-reactive ketones (excluding diaryl/α,β-unsaturated/α-hetero) is 1. The van der Waals surface area contributed by atoms with Crippen molar-refractivity contribution in [1.29, 1.82) is 0 Å². The molecule has 1 aliphatic heterocycles. The van der Waals surface area contributed by atoms with E-state index in [9.17, 15) is 14.4 Å². The van der Waals surface area contributed by atoms with Gasteiger partial charge in [0.2, 0.25) is 0 Å². The molecule has 0 spiro atoms. The van der Waals surface area contributed by atoms with Gasteiger partial charge in [-0.05, 0) is 19.8 Å². The number of benzene rings is 1. The second kappa shape index (κ2) is 6.83. The number of H-pyrrole nitrogens is 1. The van der Waals surface area contributed by atoms with Crippen molar-refractivity contribution in [3.8, 4) is 0 Å². The molecule has 1 saturated heterocycles. The fraction of sp³-hybridized carbons (Fsp3) is 0.300. The summed E-state index contributed by atoms with van der Waals surface area (Å²) in [7, 11) is 0. The fourth-order valence-corrected chi connectivity index (χ4v) is 3.61. The maximum absolute atomic E-state index is 12.9. The van der Waals surface area contributed by atoms with Gasteiger partial charge in [-0.2, -0.15) is 0 Å². The Hall–Kier alpha value is -3.22. The average Bonchev–Trinajstić information content (AvgIpc) is 3.09. The standard InChI is InChI=1S/C20H20N4O3/c1-13-10-17-21-11-16(20(27)24(17)22-13)19(26)23-9-5-8-15(12-23)18(25)14-6-3-2-4-7-14/h2-4,6-7,10-11,15,22H,5,8-9,12H2,1H3. The summed E-state index contributed by atoms with van der Waals surface area (Å²) in [6.07, 6.45) is 2.80. The number of rotatable bonds is 3. The van der Waals surface area contributed by atoms with Crippen LogP contribution in [0.2, 0.25) is 0 Å². The summed E-state index contributed by atoms with van der Waals surface area (Å²) in [4.78, 5) is 44.1. The maximum Gasteiger partial charge on any atom is 0.285 e. The van der Waals surface area contributed by atoms with E-state index in [0.29, 0.717) is 24.3 Å². The average molecular weight is 364 g/mol. The number of carbonyl (C=O) groups excluding carboxylic acids is 2. The van der Waals surface area contributed by atoms with E-state index in [4.69, 9.17) is 0 Å². The number of hydrogen-bond acceptors (Lipinski definition) is 4. The highest BCUT2D eigenvalue weighted by molar-refractivity contribution is 5.99. The molecule has 7 nitrogen and oxygen atoms in total. The molecule has 0 radical (unpaired) electrons. The van der Waals surface area contributed by atoms with Crippen LogP contribution in [-0.2, 0) is 0 Å². The van der Waals surface area contributed by atoms with Crippen LogP contribution in [-0.4, -0.2) is 44.3 Å². The Kier molecular flexibility index (Phi) is 4.35. The van der Waals surface area contributed by atoms with Gasteiger partial charge in [0.1, 0.15) is 5.56 Å². The number of aromatic amines is 1. The van der Waals surface area contributed by atoms with Gasteiger partial charge in [-0.1, -0.05) is 30.3 Å². The van der Waals surface area contributed by atoms with Crippen LogP contribution in [0.1, 0.15) is 39.3 Å². The van der Waals surface area contributed by atoms with Crippen LogP contribution in [0.15, 0.2) is 47.4 Å². The first-order chi connectivity index (χ1) is 13.0. The number of fused-ring (bicyclic) bond motifs is 1. The number of aromatic nitrogens is 3. The quantitative estimate of drug-likeness (QED) is 0.721. The minimum atomic E-state index is -0.422. The third-order valence-corrected chi connectivity index (χ3v) is 4.99. The number of nitrogens with one attached hydrogen (secondary N) is 1. The van der Waals surface area contributed by atoms with Gasteiger partial charge in [-0.3, -0.25) is 19.5 Å². The highest BCUT2D eigenvalue weighted by Gasteiger charge is 2.30. The highest BCUT2D eigenvalue weighted by atomic mass is 16.2. The molecule has 7 heteroatoms. The number of aryl methyl sites for hydroxylation is 1. The van der Waals surface area contributed by atoms with Gasteiger partial charge < -0.3 is 4.90 Å². The molecule has 4 rings (SSSR count). The predicted octanol–water partition coefficient (Wildman–Crippen LogP) is 2.07. The molecule has 1 atom stereocenters. The Bertz CT molecular complexity index is 1070. The summed E-state index contributed by atoms with van der Waals surface area (Å²) in [5.74, 6) is -0.588. The minimum absolute atomic E-state index is 0.0159. The molecule has 1 amide bonds. The van der Waals surface area contributed by atoms with Gasteiger partial charge in [-0.15, -0.1) is 0 Å². The highest BCUT2D eigenvalue weighted by Crippen LogP contribution is 2.22. The molecule has 1 fully saturated rings. The molecule has 1 aliphatic rings. The summed E-state index contributed by atoms with van der Waals surface area (Å²) in [5.41, 5.74) is 1.51. The minimum Gasteiger partial charge on any atom is -0.338 e. The number of piperidine rings is 1. The Balaban J connectivity index is 1.58. The van der Waals surface area contributed by atoms with Crippen LogP contribution in [0, 0.1) is 12.8 Å². The number of hydrogen-bond donors (Lipinski definition) is 1. The first kappa shape index (κ1) is 17.2. The normalized spacial score (nSPS) is 17.2. The molecule has 1 unspecified atom stereocenters. The summed E-state index contributed by atoms with van der Waals surface area (Å²) in [5, 5.41) is 2.89. The lowest BCUT2D eigenvalue weighted by Gasteiger charge is -2.31. The molecule has 27 heavy (non-hydrogen) atoms. The van der Waals surface area contributed by atoms with E-state index in [2.05, 4.69) is 10.1 Å². The predicted molar refractivity (Wildman–Crippen MR) is 99.9 cm³/mol. The molecule has 1 aromatic carbocycles. The van der Waals surface area contributed by atoms with Crippen LogP contribution in [0.4, 0.5) is 0 Å². The molecular formula is C20H20N4O3. The first-order valence-electron chi connectivity index (χ1n) is 9.00. The van der Waals surface area contributed by atoms with Gasteiger partial charge in [0.15, 0.2) is 11.4 Å². The van der Waals surface area contributed by atoms with E-state index >= 15 is 0 Å². The van der Waals surface area contributed by atoms with Gasteiger partial charge >= 0.3 is 0 Å². The van der Waals surface area contributed by atoms with E-state index < -0.39 is 5.56 Å². The zero-order chi connectivity index (χ0) is 19.0. The zero-order valence-corrected chi connectivity index (χ0v) is 15.0. The second-order valence-electron chi connectivity index (χ2n) is 6.93. The SMILES string of the molecule is Cc1cc2ncc(C(=O)N3CCCC(C(=O)c4ccccc4)C3)c(=O)n2[nH]1. The van der Waals surface area contributed by atoms with Crippen LogP contribution in [0.25, 0.3) is 5.65 Å². The third-order valence-electron chi connectivity index (χ3n) is 4.99. The number of ketones is 1. The molecule has 3 aromatic rings. The number of nitrogens with zero attached hydrogens (tertiary/aromatic N) is 3. The number of likely N-dealkylation sites (tertiary alicyclic amines) is 1. The lowest BCUT2D eigenvalue weighted by Crippen LogP contribution is -2.44. The molecule has 138 valence electrons. The number of amides is 1. The van der Waals surface area contributed by atoms with Crippen LogP contribution in [0.3, 0.4) is 0 Å². The Labute approximate surface area is 155 Å². The second-order valence-corrected chi connectivity index (χ2v) is 6.93. The smallest absolute Gasteiger partial charge is 0.285 e. The third kappa shape index (κ3) is 3.16. The largest absolute Gasteiger partial charge is 0.338 e. The van der Waals surface area contributed by atoms with Gasteiger partial charge in [-0.25, -0.2) is 9.50 Å². The van der Waals surface area contributed by atoms with Crippen LogP contribution in [0.5, 0.6) is 0 Å². The Morgan fingerprint density at radius 3 is 2.78 bits per heavy atom. The zero-order valence-electron chi connectivity index (χ0n) is 15.0. The Morgan fingerprint density at radius 1 is 1.22 bits per heavy atom. The van der Waals surface area contributed by atoms with Crippen molar-refractivity contribution in [3.63, 3.8) is 0 Å². The molecule has 2 aromatic heterocycles. The first-order valence-corrected chi connectivity index (χ1v) is 9.00. The van der Waals surface area contributed by atoms with Crippen LogP contribution < -0.4 is 5.56 Å². The van der Waals surface area contributed by atoms with Crippen LogP contribution >= 0.6 is 0 Å². The molecule has 0 aliphatic carbocycles. The van der Waals surface area contributed by atoms with Crippen molar-refractivity contribution in [2.45, 2.75) is 19.8 Å². The van der Waals surface area contributed by atoms with E-state index in [1.165, 1.54) is 10.7 Å². The summed E-state index contributed by atoms with van der Waals surface area (Å²) in [6.45, 7) is 2.67. The van der Waals surface area contributed by atoms with Gasteiger partial charge in [0.05, 0.1) is 0 Å². The lowest BCUT2D eigenvalue weighted by molar-refractivity contribution is 0.0635. The molecule has 0 saturated carbocycles. The van der Waals surface area contributed by atoms with Crippen molar-refractivity contribution >= 4 is 17.3 Å². The molecule has 1 N–H and O–H groups in total. The Morgan fingerprint density at radius 2 is 2.00 bits per heavy atom. The van der Waals surface area contributed by atoms with Crippen molar-refractivity contribution in [2.75, 3.05) is 13.1 Å². The van der Waals surface area contributed by atoms with E-state index in [-0.39, 0.29) is 23.2 Å². The molecular weight excluding hydrogens is 344 g/mol. The van der Waals surface area contributed by atoms with Crippen molar-refractivity contribution in [1.82, 2.24) is 19.5 Å². The summed E-state index contributed by atoms with van der Waals surface area (Å²) >= 11 is 0. The summed E-state index contributed by atoms with van der Waals surface area (Å²) in [6, 6.07) is 10.9. The monoisotopic (exact) mass is 364 g/mol. The summed E-state index contributed by atoms with van der Waals surface area (Å²) < 4.78 is 1.28. The van der Waals surface area contributed by atoms with E-state index in [0.717, 1.165) is 18.5 Å². The molecule has 0 bridgehead atoms. The number of carbonyl (C=O) groups is 2.